The van der Waals surface area contributed by atoms with Crippen molar-refractivity contribution in [1.82, 2.24) is 10.2 Å². The first-order valence-electron chi connectivity index (χ1n) is 4.96. The fourth-order valence-corrected chi connectivity index (χ4v) is 1.59. The third kappa shape index (κ3) is 3.01. The van der Waals surface area contributed by atoms with Crippen LogP contribution in [-0.4, -0.2) is 58.6 Å². The first-order chi connectivity index (χ1) is 7.56. The molecule has 1 heterocycles. The third-order valence-electron chi connectivity index (χ3n) is 2.35. The van der Waals surface area contributed by atoms with Crippen LogP contribution in [-0.2, 0) is 14.4 Å². The van der Waals surface area contributed by atoms with Crippen LogP contribution in [0.15, 0.2) is 0 Å². The van der Waals surface area contributed by atoms with Crippen LogP contribution in [0, 0.1) is 0 Å². The molecule has 0 radical (unpaired) electrons. The molecule has 0 aromatic heterocycles. The van der Waals surface area contributed by atoms with Crippen LogP contribution in [0.5, 0.6) is 0 Å². The first kappa shape index (κ1) is 12.6. The Balaban J connectivity index is 2.70. The highest BCUT2D eigenvalue weighted by Gasteiger charge is 2.31. The van der Waals surface area contributed by atoms with Gasteiger partial charge < -0.3 is 15.5 Å². The lowest BCUT2D eigenvalue weighted by molar-refractivity contribution is -0.154. The Kier molecular flexibility index (Phi) is 4.39. The molecule has 0 saturated carbocycles. The first-order valence-corrected chi connectivity index (χ1v) is 4.96. The summed E-state index contributed by atoms with van der Waals surface area (Å²) in [5, 5.41) is 20.1. The SMILES string of the molecule is O=C(O)CN(C(=O)CO)C(=O)[C@@H]1CCCN1. The number of aliphatic carboxylic acids is 1. The summed E-state index contributed by atoms with van der Waals surface area (Å²) in [7, 11) is 0. The number of nitrogens with zero attached hydrogens (tertiary/aromatic N) is 1. The van der Waals surface area contributed by atoms with Crippen molar-refractivity contribution in [2.24, 2.45) is 0 Å². The Morgan fingerprint density at radius 3 is 2.50 bits per heavy atom. The fraction of sp³-hybridized carbons (Fsp3) is 0.667. The van der Waals surface area contributed by atoms with Gasteiger partial charge in [-0.1, -0.05) is 0 Å². The average Bonchev–Trinajstić information content (AvgIpc) is 2.77. The molecular formula is C9H14N2O5. The standard InChI is InChI=1S/C9H14N2O5/c12-5-7(13)11(4-8(14)15)9(16)6-2-1-3-10-6/h6,10,12H,1-5H2,(H,14,15)/t6-/m0/s1. The van der Waals surface area contributed by atoms with E-state index in [0.29, 0.717) is 17.9 Å². The number of carboxylic acid groups (broad SMARTS) is 1. The van der Waals surface area contributed by atoms with E-state index in [-0.39, 0.29) is 0 Å². The maximum Gasteiger partial charge on any atom is 0.323 e. The Morgan fingerprint density at radius 2 is 2.06 bits per heavy atom. The van der Waals surface area contributed by atoms with E-state index in [4.69, 9.17) is 10.2 Å². The van der Waals surface area contributed by atoms with Gasteiger partial charge >= 0.3 is 5.97 Å². The molecule has 1 fully saturated rings. The number of carboxylic acids is 1. The van der Waals surface area contributed by atoms with E-state index in [2.05, 4.69) is 5.32 Å². The summed E-state index contributed by atoms with van der Waals surface area (Å²) >= 11 is 0. The zero-order valence-corrected chi connectivity index (χ0v) is 8.68. The minimum atomic E-state index is -1.28. The van der Waals surface area contributed by atoms with E-state index in [1.165, 1.54) is 0 Å². The van der Waals surface area contributed by atoms with Crippen molar-refractivity contribution in [2.45, 2.75) is 18.9 Å². The molecule has 0 aliphatic carbocycles. The van der Waals surface area contributed by atoms with Gasteiger partial charge in [-0.05, 0) is 19.4 Å². The summed E-state index contributed by atoms with van der Waals surface area (Å²) in [6.45, 7) is -0.910. The van der Waals surface area contributed by atoms with Gasteiger partial charge in [0.25, 0.3) is 5.91 Å². The number of aliphatic hydroxyl groups excluding tert-OH is 1. The molecule has 16 heavy (non-hydrogen) atoms. The molecular weight excluding hydrogens is 216 g/mol. The summed E-state index contributed by atoms with van der Waals surface area (Å²) in [6, 6.07) is -0.519. The van der Waals surface area contributed by atoms with Gasteiger partial charge in [-0.15, -0.1) is 0 Å². The van der Waals surface area contributed by atoms with Crippen molar-refractivity contribution in [3.8, 4) is 0 Å². The number of imide groups is 1. The molecule has 0 aromatic rings. The molecule has 0 aromatic carbocycles. The zero-order valence-electron chi connectivity index (χ0n) is 8.68. The minimum Gasteiger partial charge on any atom is -0.480 e. The molecule has 1 aliphatic heterocycles. The highest BCUT2D eigenvalue weighted by Crippen LogP contribution is 2.08. The van der Waals surface area contributed by atoms with E-state index in [1.54, 1.807) is 0 Å². The van der Waals surface area contributed by atoms with Crippen LogP contribution >= 0.6 is 0 Å². The van der Waals surface area contributed by atoms with E-state index >= 15 is 0 Å². The quantitative estimate of drug-likeness (QED) is 0.524. The number of nitrogens with one attached hydrogen (secondary N) is 1. The van der Waals surface area contributed by atoms with Crippen LogP contribution in [0.3, 0.4) is 0 Å². The van der Waals surface area contributed by atoms with Crippen molar-refractivity contribution >= 4 is 17.8 Å². The van der Waals surface area contributed by atoms with E-state index < -0.39 is 37.0 Å². The van der Waals surface area contributed by atoms with Gasteiger partial charge in [0.2, 0.25) is 5.91 Å². The lowest BCUT2D eigenvalue weighted by Gasteiger charge is -2.21. The van der Waals surface area contributed by atoms with Crippen LogP contribution in [0.25, 0.3) is 0 Å². The van der Waals surface area contributed by atoms with Crippen LogP contribution < -0.4 is 5.32 Å². The zero-order chi connectivity index (χ0) is 12.1. The molecule has 7 nitrogen and oxygen atoms in total. The Morgan fingerprint density at radius 1 is 1.38 bits per heavy atom. The molecule has 1 atom stereocenters. The third-order valence-corrected chi connectivity index (χ3v) is 2.35. The Hall–Kier alpha value is -1.47. The minimum absolute atomic E-state index is 0.519. The lowest BCUT2D eigenvalue weighted by atomic mass is 10.2. The van der Waals surface area contributed by atoms with Gasteiger partial charge in [0.1, 0.15) is 13.2 Å². The second-order valence-corrected chi connectivity index (χ2v) is 3.52. The molecule has 1 rings (SSSR count). The van der Waals surface area contributed by atoms with Gasteiger partial charge in [0.05, 0.1) is 6.04 Å². The maximum absolute atomic E-state index is 11.7. The number of carbonyl (C=O) groups is 3. The second kappa shape index (κ2) is 5.57. The molecule has 1 aliphatic rings. The predicted octanol–water partition coefficient (Wildman–Crippen LogP) is -1.83. The van der Waals surface area contributed by atoms with Crippen LogP contribution in [0.1, 0.15) is 12.8 Å². The molecule has 90 valence electrons. The molecule has 3 N–H and O–H groups in total. The largest absolute Gasteiger partial charge is 0.480 e. The molecule has 0 unspecified atom stereocenters. The topological polar surface area (TPSA) is 107 Å². The summed E-state index contributed by atoms with van der Waals surface area (Å²) in [4.78, 5) is 34.0. The monoisotopic (exact) mass is 230 g/mol. The average molecular weight is 230 g/mol. The Labute approximate surface area is 92.0 Å². The highest BCUT2D eigenvalue weighted by atomic mass is 16.4. The predicted molar refractivity (Wildman–Crippen MR) is 52.5 cm³/mol. The van der Waals surface area contributed by atoms with Crippen molar-refractivity contribution in [2.75, 3.05) is 19.7 Å². The van der Waals surface area contributed by atoms with E-state index in [9.17, 15) is 14.4 Å². The molecule has 0 spiro atoms. The van der Waals surface area contributed by atoms with Gasteiger partial charge in [0, 0.05) is 0 Å². The fourth-order valence-electron chi connectivity index (χ4n) is 1.59. The van der Waals surface area contributed by atoms with Crippen LogP contribution in [0.4, 0.5) is 0 Å². The van der Waals surface area contributed by atoms with Gasteiger partial charge in [0.15, 0.2) is 0 Å². The molecule has 7 heteroatoms. The van der Waals surface area contributed by atoms with Gasteiger partial charge in [-0.25, -0.2) is 0 Å². The Bertz CT molecular complexity index is 298. The number of rotatable bonds is 4. The summed E-state index contributed by atoms with van der Waals surface area (Å²) in [5.41, 5.74) is 0. The maximum atomic E-state index is 11.7. The normalized spacial score (nSPS) is 19.4. The molecule has 2 amide bonds. The second-order valence-electron chi connectivity index (χ2n) is 3.52. The summed E-state index contributed by atoms with van der Waals surface area (Å²) < 4.78 is 0. The summed E-state index contributed by atoms with van der Waals surface area (Å²) in [5.74, 6) is -2.76. The van der Waals surface area contributed by atoms with Crippen molar-refractivity contribution in [3.63, 3.8) is 0 Å². The molecule has 1 saturated heterocycles. The number of aliphatic hydroxyl groups is 1. The highest BCUT2D eigenvalue weighted by molar-refractivity contribution is 6.00. The van der Waals surface area contributed by atoms with Crippen molar-refractivity contribution < 1.29 is 24.6 Å². The van der Waals surface area contributed by atoms with Crippen molar-refractivity contribution in [3.05, 3.63) is 0 Å². The van der Waals surface area contributed by atoms with Gasteiger partial charge in [-0.2, -0.15) is 0 Å². The lowest BCUT2D eigenvalue weighted by Crippen LogP contribution is -2.49. The van der Waals surface area contributed by atoms with E-state index in [0.717, 1.165) is 6.42 Å². The number of hydrogen-bond donors (Lipinski definition) is 3. The molecule has 0 bridgehead atoms. The van der Waals surface area contributed by atoms with Crippen LogP contribution in [0.2, 0.25) is 0 Å². The summed E-state index contributed by atoms with van der Waals surface area (Å²) in [6.07, 6.45) is 1.39. The number of hydrogen-bond acceptors (Lipinski definition) is 5. The number of carbonyl (C=O) groups excluding carboxylic acids is 2. The van der Waals surface area contributed by atoms with Gasteiger partial charge in [-0.3, -0.25) is 19.3 Å². The smallest absolute Gasteiger partial charge is 0.323 e. The van der Waals surface area contributed by atoms with E-state index in [1.807, 2.05) is 0 Å². The number of amides is 2. The van der Waals surface area contributed by atoms with Crippen molar-refractivity contribution in [1.29, 1.82) is 0 Å².